The van der Waals surface area contributed by atoms with Crippen molar-refractivity contribution in [1.29, 1.82) is 0 Å². The molecule has 0 unspecified atom stereocenters. The van der Waals surface area contributed by atoms with Gasteiger partial charge >= 0.3 is 0 Å². The van der Waals surface area contributed by atoms with Crippen LogP contribution in [0.1, 0.15) is 35.6 Å². The lowest BCUT2D eigenvalue weighted by atomic mass is 9.87. The summed E-state index contributed by atoms with van der Waals surface area (Å²) < 4.78 is 16.5. The third kappa shape index (κ3) is 4.07. The molecule has 0 atom stereocenters. The molecular weight excluding hydrogens is 424 g/mol. The Bertz CT molecular complexity index is 1110. The second kappa shape index (κ2) is 8.58. The van der Waals surface area contributed by atoms with Gasteiger partial charge in [-0.1, -0.05) is 29.3 Å². The Morgan fingerprint density at radius 3 is 2.40 bits per heavy atom. The molecule has 3 aromatic rings. The Hall–Kier alpha value is -2.08. The molecule has 158 valence electrons. The van der Waals surface area contributed by atoms with E-state index in [-0.39, 0.29) is 16.4 Å². The van der Waals surface area contributed by atoms with E-state index < -0.39 is 0 Å². The molecule has 2 heterocycles. The lowest BCUT2D eigenvalue weighted by Gasteiger charge is -2.33. The molecule has 0 radical (unpaired) electrons. The summed E-state index contributed by atoms with van der Waals surface area (Å²) in [5.41, 5.74) is 3.68. The average molecular weight is 448 g/mol. The number of halogens is 3. The van der Waals surface area contributed by atoms with E-state index >= 15 is 0 Å². The molecule has 0 N–H and O–H groups in total. The van der Waals surface area contributed by atoms with Gasteiger partial charge in [0, 0.05) is 18.6 Å². The van der Waals surface area contributed by atoms with E-state index in [1.807, 2.05) is 13.1 Å². The molecule has 2 aromatic carbocycles. The van der Waals surface area contributed by atoms with Crippen molar-refractivity contribution < 1.29 is 4.39 Å². The molecule has 1 aromatic heterocycles. The van der Waals surface area contributed by atoms with Crippen molar-refractivity contribution in [1.82, 2.24) is 14.3 Å². The van der Waals surface area contributed by atoms with Gasteiger partial charge in [-0.2, -0.15) is 0 Å². The Kier molecular flexibility index (Phi) is 6.05. The summed E-state index contributed by atoms with van der Waals surface area (Å²) in [7, 11) is 1.81. The average Bonchev–Trinajstić information content (AvgIpc) is 2.94. The summed E-state index contributed by atoms with van der Waals surface area (Å²) in [6, 6.07) is 11.9. The van der Waals surface area contributed by atoms with E-state index in [1.54, 1.807) is 16.8 Å². The number of hydrogen-bond donors (Lipinski definition) is 0. The maximum absolute atomic E-state index is 13.3. The van der Waals surface area contributed by atoms with Gasteiger partial charge in [-0.05, 0) is 86.3 Å². The van der Waals surface area contributed by atoms with Crippen LogP contribution in [0.25, 0.3) is 5.69 Å². The standard InChI is InChI=1S/C23H24Cl2FN3O/c1-15-3-4-17(24)13-20(15)16-9-11-28(12-10-16)14-21-22(25)23(30)29(27(21)2)19-7-5-18(26)6-8-19/h3-8,13,16H,9-12,14H2,1-2H3. The highest BCUT2D eigenvalue weighted by Crippen LogP contribution is 2.32. The summed E-state index contributed by atoms with van der Waals surface area (Å²) >= 11 is 12.6. The zero-order valence-electron chi connectivity index (χ0n) is 17.0. The van der Waals surface area contributed by atoms with Crippen molar-refractivity contribution in [2.24, 2.45) is 7.05 Å². The fourth-order valence-corrected chi connectivity index (χ4v) is 4.77. The van der Waals surface area contributed by atoms with Crippen LogP contribution >= 0.6 is 23.2 Å². The van der Waals surface area contributed by atoms with E-state index in [0.717, 1.165) is 36.6 Å². The van der Waals surface area contributed by atoms with E-state index in [1.165, 1.54) is 27.9 Å². The predicted octanol–water partition coefficient (Wildman–Crippen LogP) is 5.31. The fraction of sp³-hybridized carbons (Fsp3) is 0.348. The molecule has 0 saturated carbocycles. The lowest BCUT2D eigenvalue weighted by molar-refractivity contribution is 0.199. The number of hydrogen-bond acceptors (Lipinski definition) is 2. The van der Waals surface area contributed by atoms with Crippen LogP contribution in [0.5, 0.6) is 0 Å². The van der Waals surface area contributed by atoms with E-state index in [0.29, 0.717) is 18.2 Å². The molecule has 1 aliphatic rings. The van der Waals surface area contributed by atoms with E-state index in [2.05, 4.69) is 24.0 Å². The second-order valence-electron chi connectivity index (χ2n) is 7.93. The topological polar surface area (TPSA) is 30.2 Å². The van der Waals surface area contributed by atoms with Crippen LogP contribution in [0.2, 0.25) is 10.0 Å². The Morgan fingerprint density at radius 2 is 1.73 bits per heavy atom. The van der Waals surface area contributed by atoms with Gasteiger partial charge in [0.05, 0.1) is 11.4 Å². The minimum atomic E-state index is -0.342. The SMILES string of the molecule is Cc1ccc(Cl)cc1C1CCN(Cc2c(Cl)c(=O)n(-c3ccc(F)cc3)n2C)CC1. The Balaban J connectivity index is 1.51. The third-order valence-corrected chi connectivity index (χ3v) is 6.65. The van der Waals surface area contributed by atoms with Crippen molar-refractivity contribution >= 4 is 23.2 Å². The number of benzene rings is 2. The molecule has 4 rings (SSSR count). The predicted molar refractivity (Wildman–Crippen MR) is 119 cm³/mol. The van der Waals surface area contributed by atoms with E-state index in [9.17, 15) is 9.18 Å². The molecule has 1 aliphatic heterocycles. The van der Waals surface area contributed by atoms with Gasteiger partial charge in [-0.25, -0.2) is 9.07 Å². The number of piperidine rings is 1. The molecule has 0 spiro atoms. The van der Waals surface area contributed by atoms with Crippen LogP contribution in [-0.2, 0) is 13.6 Å². The van der Waals surface area contributed by atoms with Crippen LogP contribution in [0.4, 0.5) is 4.39 Å². The fourth-order valence-electron chi connectivity index (χ4n) is 4.32. The van der Waals surface area contributed by atoms with Crippen molar-refractivity contribution in [2.45, 2.75) is 32.2 Å². The molecule has 1 fully saturated rings. The smallest absolute Gasteiger partial charge is 0.290 e. The summed E-state index contributed by atoms with van der Waals surface area (Å²) in [4.78, 5) is 15.1. The van der Waals surface area contributed by atoms with Crippen molar-refractivity contribution in [3.05, 3.63) is 85.5 Å². The van der Waals surface area contributed by atoms with Crippen LogP contribution < -0.4 is 5.56 Å². The number of rotatable bonds is 4. The molecule has 4 nitrogen and oxygen atoms in total. The first-order chi connectivity index (χ1) is 14.3. The summed E-state index contributed by atoms with van der Waals surface area (Å²) in [5, 5.41) is 0.997. The van der Waals surface area contributed by atoms with Gasteiger partial charge in [-0.15, -0.1) is 0 Å². The quantitative estimate of drug-likeness (QED) is 0.542. The molecule has 0 aliphatic carbocycles. The van der Waals surface area contributed by atoms with Gasteiger partial charge in [0.1, 0.15) is 10.8 Å². The molecule has 0 amide bonds. The molecule has 1 saturated heterocycles. The summed E-state index contributed by atoms with van der Waals surface area (Å²) in [6.45, 7) is 4.57. The Morgan fingerprint density at radius 1 is 1.07 bits per heavy atom. The first kappa shape index (κ1) is 21.2. The van der Waals surface area contributed by atoms with Gasteiger partial charge in [0.2, 0.25) is 0 Å². The second-order valence-corrected chi connectivity index (χ2v) is 8.74. The highest BCUT2D eigenvalue weighted by Gasteiger charge is 2.25. The summed E-state index contributed by atoms with van der Waals surface area (Å²) in [5.74, 6) is 0.146. The van der Waals surface area contributed by atoms with Crippen molar-refractivity contribution in [3.63, 3.8) is 0 Å². The maximum Gasteiger partial charge on any atom is 0.290 e. The zero-order chi connectivity index (χ0) is 21.4. The van der Waals surface area contributed by atoms with Gasteiger partial charge in [0.25, 0.3) is 5.56 Å². The Labute approximate surface area is 185 Å². The number of likely N-dealkylation sites (tertiary alicyclic amines) is 1. The number of aryl methyl sites for hydroxylation is 1. The van der Waals surface area contributed by atoms with Crippen LogP contribution in [-0.4, -0.2) is 27.4 Å². The molecule has 0 bridgehead atoms. The third-order valence-electron chi connectivity index (χ3n) is 6.04. The monoisotopic (exact) mass is 447 g/mol. The largest absolute Gasteiger partial charge is 0.297 e. The maximum atomic E-state index is 13.3. The van der Waals surface area contributed by atoms with E-state index in [4.69, 9.17) is 23.2 Å². The molecule has 30 heavy (non-hydrogen) atoms. The van der Waals surface area contributed by atoms with Gasteiger partial charge in [-0.3, -0.25) is 14.4 Å². The van der Waals surface area contributed by atoms with Crippen LogP contribution in [0.15, 0.2) is 47.3 Å². The first-order valence-electron chi connectivity index (χ1n) is 10.1. The normalized spacial score (nSPS) is 15.6. The highest BCUT2D eigenvalue weighted by atomic mass is 35.5. The number of nitrogens with zero attached hydrogens (tertiary/aromatic N) is 3. The number of aromatic nitrogens is 2. The van der Waals surface area contributed by atoms with Crippen LogP contribution in [0, 0.1) is 12.7 Å². The van der Waals surface area contributed by atoms with Crippen LogP contribution in [0.3, 0.4) is 0 Å². The van der Waals surface area contributed by atoms with Gasteiger partial charge in [0.15, 0.2) is 0 Å². The first-order valence-corrected chi connectivity index (χ1v) is 10.8. The minimum Gasteiger partial charge on any atom is -0.297 e. The zero-order valence-corrected chi connectivity index (χ0v) is 18.5. The highest BCUT2D eigenvalue weighted by molar-refractivity contribution is 6.31. The summed E-state index contributed by atoms with van der Waals surface area (Å²) in [6.07, 6.45) is 2.07. The van der Waals surface area contributed by atoms with Crippen molar-refractivity contribution in [2.75, 3.05) is 13.1 Å². The minimum absolute atomic E-state index is 0.217. The molecular formula is C23H24Cl2FN3O. The molecule has 7 heteroatoms. The lowest BCUT2D eigenvalue weighted by Crippen LogP contribution is -2.33. The van der Waals surface area contributed by atoms with Gasteiger partial charge < -0.3 is 0 Å². The van der Waals surface area contributed by atoms with Crippen molar-refractivity contribution in [3.8, 4) is 5.69 Å².